The second-order valence-corrected chi connectivity index (χ2v) is 5.95. The molecule has 1 atom stereocenters. The Bertz CT molecular complexity index is 445. The van der Waals surface area contributed by atoms with Gasteiger partial charge in [-0.1, -0.05) is 26.0 Å². The summed E-state index contributed by atoms with van der Waals surface area (Å²) in [5.74, 6) is 0.383. The lowest BCUT2D eigenvalue weighted by Gasteiger charge is -2.24. The molecule has 21 heavy (non-hydrogen) atoms. The average Bonchev–Trinajstić information content (AvgIpc) is 2.42. The maximum Gasteiger partial charge on any atom is 0.236 e. The fourth-order valence-corrected chi connectivity index (χ4v) is 2.35. The average molecular weight is 291 g/mol. The van der Waals surface area contributed by atoms with Gasteiger partial charge in [-0.2, -0.15) is 0 Å². The summed E-state index contributed by atoms with van der Waals surface area (Å²) in [5.41, 5.74) is 8.31. The number of carbonyl (C=O) groups is 1. The first kappa shape index (κ1) is 17.5. The fourth-order valence-electron chi connectivity index (χ4n) is 2.35. The predicted molar refractivity (Wildman–Crippen MR) is 89.5 cm³/mol. The van der Waals surface area contributed by atoms with Gasteiger partial charge in [-0.15, -0.1) is 0 Å². The molecule has 1 amide bonds. The van der Waals surface area contributed by atoms with Gasteiger partial charge in [0.25, 0.3) is 0 Å². The van der Waals surface area contributed by atoms with Gasteiger partial charge < -0.3 is 16.0 Å². The minimum atomic E-state index is -0.404. The normalized spacial score (nSPS) is 12.3. The zero-order valence-corrected chi connectivity index (χ0v) is 13.7. The van der Waals surface area contributed by atoms with E-state index in [9.17, 15) is 4.79 Å². The molecule has 3 N–H and O–H groups in total. The van der Waals surface area contributed by atoms with Crippen LogP contribution in [0.25, 0.3) is 0 Å². The van der Waals surface area contributed by atoms with Gasteiger partial charge in [-0.3, -0.25) is 4.79 Å². The first-order valence-corrected chi connectivity index (χ1v) is 7.79. The number of hydrogen-bond acceptors (Lipinski definition) is 3. The lowest BCUT2D eigenvalue weighted by atomic mass is 10.0. The van der Waals surface area contributed by atoms with Crippen molar-refractivity contribution in [3.8, 4) is 0 Å². The van der Waals surface area contributed by atoms with Crippen LogP contribution in [-0.2, 0) is 4.79 Å². The van der Waals surface area contributed by atoms with Crippen LogP contribution >= 0.6 is 0 Å². The Balaban J connectivity index is 2.44. The molecule has 0 radical (unpaired) electrons. The summed E-state index contributed by atoms with van der Waals surface area (Å²) < 4.78 is 0. The number of anilines is 1. The number of rotatable bonds is 8. The van der Waals surface area contributed by atoms with E-state index < -0.39 is 6.04 Å². The van der Waals surface area contributed by atoms with Crippen LogP contribution in [0.15, 0.2) is 24.3 Å². The van der Waals surface area contributed by atoms with Gasteiger partial charge in [0, 0.05) is 25.3 Å². The maximum atomic E-state index is 11.9. The lowest BCUT2D eigenvalue weighted by Crippen LogP contribution is -2.44. The molecule has 0 saturated heterocycles. The Hall–Kier alpha value is -1.55. The van der Waals surface area contributed by atoms with Gasteiger partial charge in [-0.05, 0) is 43.9 Å². The highest BCUT2D eigenvalue weighted by Crippen LogP contribution is 2.14. The molecule has 4 heteroatoms. The second kappa shape index (κ2) is 8.67. The van der Waals surface area contributed by atoms with Gasteiger partial charge in [0.2, 0.25) is 5.91 Å². The van der Waals surface area contributed by atoms with Crippen LogP contribution in [-0.4, -0.2) is 31.6 Å². The Morgan fingerprint density at radius 2 is 2.10 bits per heavy atom. The molecule has 1 aromatic rings. The number of nitrogens with one attached hydrogen (secondary N) is 1. The van der Waals surface area contributed by atoms with Crippen LogP contribution in [0.5, 0.6) is 0 Å². The molecule has 1 rings (SSSR count). The van der Waals surface area contributed by atoms with Crippen molar-refractivity contribution in [2.45, 2.75) is 40.2 Å². The molecule has 0 aromatic heterocycles. The summed E-state index contributed by atoms with van der Waals surface area (Å²) in [7, 11) is 0. The highest BCUT2D eigenvalue weighted by atomic mass is 16.2. The Morgan fingerprint density at radius 1 is 1.38 bits per heavy atom. The van der Waals surface area contributed by atoms with E-state index in [0.29, 0.717) is 12.5 Å². The molecular weight excluding hydrogens is 262 g/mol. The number of hydrogen-bond donors (Lipinski definition) is 2. The SMILES string of the molecule is CCN(CCNC(=O)[C@@H](N)CC(C)C)c1cccc(C)c1. The van der Waals surface area contributed by atoms with E-state index >= 15 is 0 Å². The van der Waals surface area contributed by atoms with Crippen molar-refractivity contribution in [1.82, 2.24) is 5.32 Å². The molecule has 0 unspecified atom stereocenters. The minimum absolute atomic E-state index is 0.0519. The monoisotopic (exact) mass is 291 g/mol. The van der Waals surface area contributed by atoms with Gasteiger partial charge in [0.15, 0.2) is 0 Å². The molecule has 0 bridgehead atoms. The van der Waals surface area contributed by atoms with E-state index in [1.54, 1.807) is 0 Å². The van der Waals surface area contributed by atoms with Crippen molar-refractivity contribution in [2.75, 3.05) is 24.5 Å². The van der Waals surface area contributed by atoms with E-state index in [1.807, 2.05) is 0 Å². The number of nitrogens with two attached hydrogens (primary N) is 1. The molecule has 1 aromatic carbocycles. The number of benzene rings is 1. The molecule has 0 aliphatic heterocycles. The molecule has 0 spiro atoms. The fraction of sp³-hybridized carbons (Fsp3) is 0.588. The Labute approximate surface area is 128 Å². The summed E-state index contributed by atoms with van der Waals surface area (Å²) in [6.07, 6.45) is 0.723. The molecule has 0 heterocycles. The summed E-state index contributed by atoms with van der Waals surface area (Å²) >= 11 is 0. The number of aryl methyl sites for hydroxylation is 1. The molecule has 0 saturated carbocycles. The van der Waals surface area contributed by atoms with E-state index in [4.69, 9.17) is 5.73 Å². The third kappa shape index (κ3) is 6.17. The zero-order chi connectivity index (χ0) is 15.8. The first-order chi connectivity index (χ1) is 9.93. The Kier molecular flexibility index (Phi) is 7.23. The number of carbonyl (C=O) groups excluding carboxylic acids is 1. The quantitative estimate of drug-likeness (QED) is 0.773. The maximum absolute atomic E-state index is 11.9. The minimum Gasteiger partial charge on any atom is -0.370 e. The summed E-state index contributed by atoms with van der Waals surface area (Å²) in [5, 5.41) is 2.93. The highest BCUT2D eigenvalue weighted by Gasteiger charge is 2.14. The van der Waals surface area contributed by atoms with E-state index in [0.717, 1.165) is 19.5 Å². The van der Waals surface area contributed by atoms with Crippen molar-refractivity contribution in [1.29, 1.82) is 0 Å². The van der Waals surface area contributed by atoms with Gasteiger partial charge in [0.05, 0.1) is 6.04 Å². The number of likely N-dealkylation sites (N-methyl/N-ethyl adjacent to an activating group) is 1. The molecule has 0 aliphatic carbocycles. The standard InChI is InChI=1S/C17H29N3O/c1-5-20(15-8-6-7-14(4)12-15)10-9-19-17(21)16(18)11-13(2)3/h6-8,12-13,16H,5,9-11,18H2,1-4H3,(H,19,21)/t16-/m0/s1. The molecular formula is C17H29N3O. The molecule has 4 nitrogen and oxygen atoms in total. The first-order valence-electron chi connectivity index (χ1n) is 7.79. The van der Waals surface area contributed by atoms with Crippen LogP contribution in [0, 0.1) is 12.8 Å². The molecule has 0 aliphatic rings. The zero-order valence-electron chi connectivity index (χ0n) is 13.7. The third-order valence-corrected chi connectivity index (χ3v) is 3.49. The second-order valence-electron chi connectivity index (χ2n) is 5.95. The van der Waals surface area contributed by atoms with Crippen molar-refractivity contribution in [3.05, 3.63) is 29.8 Å². The Morgan fingerprint density at radius 3 is 2.67 bits per heavy atom. The molecule has 0 fully saturated rings. The van der Waals surface area contributed by atoms with Crippen molar-refractivity contribution < 1.29 is 4.79 Å². The summed E-state index contributed by atoms with van der Waals surface area (Å²) in [6.45, 7) is 10.7. The van der Waals surface area contributed by atoms with Crippen LogP contribution in [0.1, 0.15) is 32.8 Å². The van der Waals surface area contributed by atoms with Crippen LogP contribution in [0.3, 0.4) is 0 Å². The largest absolute Gasteiger partial charge is 0.370 e. The van der Waals surface area contributed by atoms with Crippen LogP contribution in [0.2, 0.25) is 0 Å². The number of nitrogens with zero attached hydrogens (tertiary/aromatic N) is 1. The van der Waals surface area contributed by atoms with Crippen molar-refractivity contribution in [2.24, 2.45) is 11.7 Å². The predicted octanol–water partition coefficient (Wildman–Crippen LogP) is 2.31. The summed E-state index contributed by atoms with van der Waals surface area (Å²) in [4.78, 5) is 14.1. The van der Waals surface area contributed by atoms with Crippen molar-refractivity contribution >= 4 is 11.6 Å². The molecule has 118 valence electrons. The van der Waals surface area contributed by atoms with E-state index in [-0.39, 0.29) is 5.91 Å². The van der Waals surface area contributed by atoms with Crippen LogP contribution < -0.4 is 16.0 Å². The topological polar surface area (TPSA) is 58.4 Å². The number of amides is 1. The van der Waals surface area contributed by atoms with Gasteiger partial charge in [0.1, 0.15) is 0 Å². The highest BCUT2D eigenvalue weighted by molar-refractivity contribution is 5.81. The van der Waals surface area contributed by atoms with Gasteiger partial charge >= 0.3 is 0 Å². The summed E-state index contributed by atoms with van der Waals surface area (Å²) in [6, 6.07) is 8.01. The third-order valence-electron chi connectivity index (χ3n) is 3.49. The smallest absolute Gasteiger partial charge is 0.236 e. The van der Waals surface area contributed by atoms with Crippen molar-refractivity contribution in [3.63, 3.8) is 0 Å². The van der Waals surface area contributed by atoms with E-state index in [1.165, 1.54) is 11.3 Å². The van der Waals surface area contributed by atoms with E-state index in [2.05, 4.69) is 62.2 Å². The lowest BCUT2D eigenvalue weighted by molar-refractivity contribution is -0.122. The van der Waals surface area contributed by atoms with Crippen LogP contribution in [0.4, 0.5) is 5.69 Å². The van der Waals surface area contributed by atoms with Gasteiger partial charge in [-0.25, -0.2) is 0 Å².